The number of ether oxygens (including phenoxy) is 2. The Morgan fingerprint density at radius 3 is 1.16 bits per heavy atom. The summed E-state index contributed by atoms with van der Waals surface area (Å²) in [6.07, 6.45) is 6.51. The fourth-order valence-corrected chi connectivity index (χ4v) is 25.1. The number of hydrogen-bond acceptors (Lipinski definition) is 7. The minimum atomic E-state index is -2.38. The molecule has 0 heterocycles. The Morgan fingerprint density at radius 2 is 0.860 bits per heavy atom. The maximum atomic E-state index is 6.86. The Morgan fingerprint density at radius 1 is 0.535 bits per heavy atom. The molecule has 43 heavy (non-hydrogen) atoms. The van der Waals surface area contributed by atoms with Crippen molar-refractivity contribution >= 4 is 45.1 Å². The summed E-state index contributed by atoms with van der Waals surface area (Å²) in [5.74, 6) is 1.76. The summed E-state index contributed by atoms with van der Waals surface area (Å²) in [5, 5.41) is 0. The second kappa shape index (κ2) is 16.6. The predicted octanol–water partition coefficient (Wildman–Crippen LogP) is 9.29. The Kier molecular flexibility index (Phi) is 14.5. The van der Waals surface area contributed by atoms with Crippen LogP contribution in [0.25, 0.3) is 0 Å². The third-order valence-corrected chi connectivity index (χ3v) is 22.8. The summed E-state index contributed by atoms with van der Waals surface area (Å²) in [6, 6.07) is 17.5. The summed E-state index contributed by atoms with van der Waals surface area (Å²) in [7, 11) is -8.61. The zero-order chi connectivity index (χ0) is 32.3. The highest BCUT2D eigenvalue weighted by Crippen LogP contribution is 2.29. The first-order valence-electron chi connectivity index (χ1n) is 16.1. The molecule has 0 aromatic heterocycles. The van der Waals surface area contributed by atoms with E-state index in [1.54, 1.807) is 0 Å². The molecule has 7 nitrogen and oxygen atoms in total. The van der Waals surface area contributed by atoms with Crippen LogP contribution in [0, 0.1) is 0 Å². The van der Waals surface area contributed by atoms with Gasteiger partial charge in [0.1, 0.15) is 11.5 Å². The van der Waals surface area contributed by atoms with Crippen LogP contribution in [0.4, 0.5) is 11.4 Å². The first-order valence-corrected chi connectivity index (χ1v) is 27.9. The normalized spacial score (nSPS) is 14.4. The van der Waals surface area contributed by atoms with Crippen molar-refractivity contribution in [3.05, 3.63) is 48.5 Å². The van der Waals surface area contributed by atoms with E-state index in [1.807, 2.05) is 48.5 Å². The largest absolute Gasteiger partial charge is 0.490 e. The number of rotatable bonds is 20. The summed E-state index contributed by atoms with van der Waals surface area (Å²) in [4.78, 5) is 0. The van der Waals surface area contributed by atoms with Crippen molar-refractivity contribution in [1.29, 1.82) is 0 Å². The maximum Gasteiger partial charge on any atom is 0.312 e. The zero-order valence-corrected chi connectivity index (χ0v) is 32.6. The average molecular weight is 665 g/mol. The minimum absolute atomic E-state index is 0.193. The molecule has 0 aliphatic heterocycles. The topological polar surface area (TPSA) is 98.2 Å². The number of anilines is 2. The monoisotopic (exact) mass is 664 g/mol. The van der Waals surface area contributed by atoms with E-state index in [1.165, 1.54) is 0 Å². The molecule has 0 saturated carbocycles. The molecule has 0 saturated heterocycles. The Balaban J connectivity index is 1.81. The summed E-state index contributed by atoms with van der Waals surface area (Å²) in [6.45, 7) is 22.4. The SMILES string of the molecule is CCC(CCC[Si](C)(C)O[Si](C)(C)O[Si](C)(C)O[Si](C)(C)CCCC(CC)Oc1ccc(N)cc1)Oc1ccc(N)cc1. The lowest BCUT2D eigenvalue weighted by molar-refractivity contribution is 0.185. The van der Waals surface area contributed by atoms with Crippen molar-refractivity contribution in [3.8, 4) is 11.5 Å². The van der Waals surface area contributed by atoms with Gasteiger partial charge in [0.15, 0.2) is 16.6 Å². The van der Waals surface area contributed by atoms with E-state index in [9.17, 15) is 0 Å². The van der Waals surface area contributed by atoms with Crippen molar-refractivity contribution < 1.29 is 21.8 Å². The molecule has 2 aromatic carbocycles. The van der Waals surface area contributed by atoms with Gasteiger partial charge >= 0.3 is 17.1 Å². The van der Waals surface area contributed by atoms with Gasteiger partial charge in [0.25, 0.3) is 0 Å². The van der Waals surface area contributed by atoms with Crippen LogP contribution in [0.2, 0.25) is 64.5 Å². The molecule has 0 aliphatic rings. The zero-order valence-electron chi connectivity index (χ0n) is 28.6. The van der Waals surface area contributed by atoms with Crippen molar-refractivity contribution in [2.75, 3.05) is 11.5 Å². The fraction of sp³-hybridized carbons (Fsp3) is 0.625. The van der Waals surface area contributed by atoms with E-state index < -0.39 is 33.8 Å². The molecular weight excluding hydrogens is 605 g/mol. The van der Waals surface area contributed by atoms with E-state index in [0.29, 0.717) is 0 Å². The van der Waals surface area contributed by atoms with Crippen LogP contribution in [0.15, 0.2) is 48.5 Å². The van der Waals surface area contributed by atoms with Gasteiger partial charge < -0.3 is 33.3 Å². The van der Waals surface area contributed by atoms with Gasteiger partial charge in [-0.15, -0.1) is 0 Å². The first kappa shape index (κ1) is 37.6. The Bertz CT molecular complexity index is 997. The molecule has 244 valence electrons. The van der Waals surface area contributed by atoms with Gasteiger partial charge in [-0.1, -0.05) is 26.7 Å². The molecule has 0 aliphatic carbocycles. The third-order valence-electron chi connectivity index (χ3n) is 7.42. The number of nitrogens with two attached hydrogens (primary N) is 2. The minimum Gasteiger partial charge on any atom is -0.490 e. The standard InChI is InChI=1S/C32H60N2O5Si4/c1-11-29(35-31-21-17-27(33)18-22-31)15-13-25-40(3,4)37-42(7,8)39-43(9,10)38-41(5,6)26-14-16-30(12-2)36-32-23-19-28(34)20-24-32/h17-24,29-30H,11-16,25-26,33-34H2,1-10H3. The van der Waals surface area contributed by atoms with Crippen molar-refractivity contribution in [2.24, 2.45) is 0 Å². The Hall–Kier alpha value is -1.61. The highest BCUT2D eigenvalue weighted by atomic mass is 28.5. The molecule has 4 N–H and O–H groups in total. The molecule has 2 aromatic rings. The van der Waals surface area contributed by atoms with Crippen molar-refractivity contribution in [3.63, 3.8) is 0 Å². The van der Waals surface area contributed by atoms with Gasteiger partial charge in [-0.3, -0.25) is 0 Å². The van der Waals surface area contributed by atoms with Crippen LogP contribution in [-0.4, -0.2) is 46.0 Å². The lowest BCUT2D eigenvalue weighted by Crippen LogP contribution is -2.56. The van der Waals surface area contributed by atoms with Gasteiger partial charge in [0, 0.05) is 11.4 Å². The van der Waals surface area contributed by atoms with Gasteiger partial charge in [-0.25, -0.2) is 0 Å². The average Bonchev–Trinajstić information content (AvgIpc) is 2.87. The highest BCUT2D eigenvalue weighted by Gasteiger charge is 2.43. The summed E-state index contributed by atoms with van der Waals surface area (Å²) < 4.78 is 32.9. The Labute approximate surface area is 266 Å². The van der Waals surface area contributed by atoms with Crippen LogP contribution in [0.3, 0.4) is 0 Å². The van der Waals surface area contributed by atoms with E-state index in [2.05, 4.69) is 66.2 Å². The number of nitrogen functional groups attached to an aromatic ring is 2. The van der Waals surface area contributed by atoms with Gasteiger partial charge in [-0.2, -0.15) is 0 Å². The highest BCUT2D eigenvalue weighted by molar-refractivity contribution is 6.89. The first-order chi connectivity index (χ1) is 19.9. The number of benzene rings is 2. The fourth-order valence-electron chi connectivity index (χ4n) is 5.75. The van der Waals surface area contributed by atoms with E-state index in [0.717, 1.165) is 73.5 Å². The molecule has 0 fully saturated rings. The van der Waals surface area contributed by atoms with Gasteiger partial charge in [-0.05, 0) is 139 Å². The molecule has 2 unspecified atom stereocenters. The summed E-state index contributed by atoms with van der Waals surface area (Å²) >= 11 is 0. The molecule has 0 spiro atoms. The molecule has 0 bridgehead atoms. The van der Waals surface area contributed by atoms with Gasteiger partial charge in [0.2, 0.25) is 0 Å². The van der Waals surface area contributed by atoms with Crippen molar-refractivity contribution in [1.82, 2.24) is 0 Å². The van der Waals surface area contributed by atoms with Gasteiger partial charge in [0.05, 0.1) is 12.2 Å². The smallest absolute Gasteiger partial charge is 0.312 e. The van der Waals surface area contributed by atoms with Crippen LogP contribution in [-0.2, 0) is 12.3 Å². The lowest BCUT2D eigenvalue weighted by atomic mass is 10.1. The van der Waals surface area contributed by atoms with Crippen LogP contribution in [0.5, 0.6) is 11.5 Å². The molecule has 11 heteroatoms. The maximum absolute atomic E-state index is 6.86. The number of hydrogen-bond donors (Lipinski definition) is 2. The van der Waals surface area contributed by atoms with Crippen molar-refractivity contribution in [2.45, 2.75) is 129 Å². The molecular formula is C32H60N2O5Si4. The predicted molar refractivity (Wildman–Crippen MR) is 192 cm³/mol. The molecule has 0 radical (unpaired) electrons. The second-order valence-electron chi connectivity index (χ2n) is 13.8. The van der Waals surface area contributed by atoms with E-state index >= 15 is 0 Å². The van der Waals surface area contributed by atoms with Crippen LogP contribution in [0.1, 0.15) is 52.4 Å². The quantitative estimate of drug-likeness (QED) is 0.108. The second-order valence-corrected chi connectivity index (χ2v) is 29.9. The third kappa shape index (κ3) is 15.3. The van der Waals surface area contributed by atoms with E-state index in [-0.39, 0.29) is 12.2 Å². The molecule has 2 atom stereocenters. The molecule has 2 rings (SSSR count). The van der Waals surface area contributed by atoms with E-state index in [4.69, 9.17) is 33.3 Å². The summed E-state index contributed by atoms with van der Waals surface area (Å²) in [5.41, 5.74) is 13.1. The van der Waals surface area contributed by atoms with Crippen LogP contribution < -0.4 is 20.9 Å². The lowest BCUT2D eigenvalue weighted by Gasteiger charge is -2.41. The molecule has 0 amide bonds. The van der Waals surface area contributed by atoms with Crippen LogP contribution >= 0.6 is 0 Å².